The lowest BCUT2D eigenvalue weighted by molar-refractivity contribution is 0.553. The summed E-state index contributed by atoms with van der Waals surface area (Å²) in [5, 5.41) is 0.900. The van der Waals surface area contributed by atoms with Crippen LogP contribution in [0.5, 0.6) is 0 Å². The van der Waals surface area contributed by atoms with E-state index in [1.165, 1.54) is 0 Å². The standard InChI is InChI=1S/C10H6Br2O2/c1-5-3-2-4-6-7(11)8(12)10(13)14-9(5)6/h2-4H,1H3. The molecule has 0 aliphatic heterocycles. The molecule has 2 aromatic rings. The monoisotopic (exact) mass is 316 g/mol. The Labute approximate surface area is 97.2 Å². The Balaban J connectivity index is 3.06. The van der Waals surface area contributed by atoms with E-state index in [0.29, 0.717) is 10.1 Å². The summed E-state index contributed by atoms with van der Waals surface area (Å²) in [5.41, 5.74) is 1.22. The molecular formula is C10H6Br2O2. The molecule has 72 valence electrons. The van der Waals surface area contributed by atoms with Crippen LogP contribution in [0.1, 0.15) is 5.56 Å². The average molecular weight is 318 g/mol. The van der Waals surface area contributed by atoms with Crippen molar-refractivity contribution in [3.63, 3.8) is 0 Å². The Morgan fingerprint density at radius 2 is 1.93 bits per heavy atom. The zero-order chi connectivity index (χ0) is 10.3. The molecule has 2 rings (SSSR count). The molecule has 0 bridgehead atoms. The van der Waals surface area contributed by atoms with Gasteiger partial charge in [-0.05, 0) is 44.3 Å². The van der Waals surface area contributed by atoms with Gasteiger partial charge < -0.3 is 4.42 Å². The van der Waals surface area contributed by atoms with E-state index in [9.17, 15) is 4.79 Å². The minimum atomic E-state index is -0.362. The third-order valence-corrected chi connectivity index (χ3v) is 4.09. The second-order valence-corrected chi connectivity index (χ2v) is 4.56. The summed E-state index contributed by atoms with van der Waals surface area (Å²) in [4.78, 5) is 11.4. The van der Waals surface area contributed by atoms with Crippen LogP contribution >= 0.6 is 31.9 Å². The van der Waals surface area contributed by atoms with Gasteiger partial charge in [0.05, 0.1) is 4.47 Å². The lowest BCUT2D eigenvalue weighted by Gasteiger charge is -2.03. The van der Waals surface area contributed by atoms with Crippen LogP contribution in [0, 0.1) is 6.92 Å². The second kappa shape index (κ2) is 3.51. The molecule has 0 aliphatic rings. The first-order chi connectivity index (χ1) is 6.61. The Morgan fingerprint density at radius 3 is 2.64 bits per heavy atom. The normalized spacial score (nSPS) is 10.8. The van der Waals surface area contributed by atoms with Crippen LogP contribution in [0.2, 0.25) is 0 Å². The topological polar surface area (TPSA) is 30.2 Å². The van der Waals surface area contributed by atoms with E-state index >= 15 is 0 Å². The predicted molar refractivity (Wildman–Crippen MR) is 62.6 cm³/mol. The quantitative estimate of drug-likeness (QED) is 0.695. The number of rotatable bonds is 0. The molecule has 0 amide bonds. The molecule has 1 aromatic heterocycles. The van der Waals surface area contributed by atoms with Crippen LogP contribution in [0.15, 0.2) is 36.4 Å². The lowest BCUT2D eigenvalue weighted by Crippen LogP contribution is -2.01. The molecule has 0 unspecified atom stereocenters. The smallest absolute Gasteiger partial charge is 0.351 e. The second-order valence-electron chi connectivity index (χ2n) is 2.97. The molecule has 0 radical (unpaired) electrons. The number of benzene rings is 1. The van der Waals surface area contributed by atoms with Crippen molar-refractivity contribution in [2.24, 2.45) is 0 Å². The van der Waals surface area contributed by atoms with E-state index < -0.39 is 0 Å². The van der Waals surface area contributed by atoms with Gasteiger partial charge in [-0.3, -0.25) is 0 Å². The van der Waals surface area contributed by atoms with Crippen molar-refractivity contribution in [3.8, 4) is 0 Å². The van der Waals surface area contributed by atoms with E-state index in [2.05, 4.69) is 31.9 Å². The van der Waals surface area contributed by atoms with Gasteiger partial charge in [-0.1, -0.05) is 18.2 Å². The molecule has 0 N–H and O–H groups in total. The fourth-order valence-electron chi connectivity index (χ4n) is 1.31. The fraction of sp³-hybridized carbons (Fsp3) is 0.100. The van der Waals surface area contributed by atoms with Gasteiger partial charge in [0, 0.05) is 5.39 Å². The predicted octanol–water partition coefficient (Wildman–Crippen LogP) is 3.63. The van der Waals surface area contributed by atoms with Crippen molar-refractivity contribution in [2.45, 2.75) is 6.92 Å². The average Bonchev–Trinajstić information content (AvgIpc) is 2.17. The molecule has 1 heterocycles. The summed E-state index contributed by atoms with van der Waals surface area (Å²) in [6, 6.07) is 5.74. The minimum absolute atomic E-state index is 0.362. The summed E-state index contributed by atoms with van der Waals surface area (Å²) in [7, 11) is 0. The maximum Gasteiger partial charge on any atom is 0.351 e. The summed E-state index contributed by atoms with van der Waals surface area (Å²) in [6.45, 7) is 1.91. The first-order valence-corrected chi connectivity index (χ1v) is 5.57. The van der Waals surface area contributed by atoms with Gasteiger partial charge in [-0.15, -0.1) is 0 Å². The van der Waals surface area contributed by atoms with Crippen LogP contribution < -0.4 is 5.63 Å². The Kier molecular flexibility index (Phi) is 2.49. The van der Waals surface area contributed by atoms with Crippen LogP contribution in [-0.4, -0.2) is 0 Å². The summed E-state index contributed by atoms with van der Waals surface area (Å²) in [6.07, 6.45) is 0. The number of para-hydroxylation sites is 1. The number of halogens is 2. The van der Waals surface area contributed by atoms with Crippen molar-refractivity contribution < 1.29 is 4.42 Å². The van der Waals surface area contributed by atoms with Gasteiger partial charge in [-0.25, -0.2) is 4.79 Å². The molecule has 4 heteroatoms. The highest BCUT2D eigenvalue weighted by molar-refractivity contribution is 9.13. The molecule has 0 aliphatic carbocycles. The Bertz CT molecular complexity index is 558. The maximum absolute atomic E-state index is 11.4. The number of fused-ring (bicyclic) bond motifs is 1. The van der Waals surface area contributed by atoms with Crippen molar-refractivity contribution in [1.29, 1.82) is 0 Å². The van der Waals surface area contributed by atoms with Crippen molar-refractivity contribution in [3.05, 3.63) is 43.1 Å². The van der Waals surface area contributed by atoms with Gasteiger partial charge >= 0.3 is 5.63 Å². The Hall–Kier alpha value is -0.610. The number of hydrogen-bond acceptors (Lipinski definition) is 2. The number of aryl methyl sites for hydroxylation is 1. The van der Waals surface area contributed by atoms with Crippen molar-refractivity contribution >= 4 is 42.8 Å². The lowest BCUT2D eigenvalue weighted by atomic mass is 10.1. The van der Waals surface area contributed by atoms with Crippen molar-refractivity contribution in [1.82, 2.24) is 0 Å². The van der Waals surface area contributed by atoms with Crippen LogP contribution in [0.3, 0.4) is 0 Å². The van der Waals surface area contributed by atoms with E-state index in [4.69, 9.17) is 4.42 Å². The van der Waals surface area contributed by atoms with Gasteiger partial charge in [0.1, 0.15) is 10.1 Å². The molecular weight excluding hydrogens is 312 g/mol. The third-order valence-electron chi connectivity index (χ3n) is 2.02. The molecule has 0 fully saturated rings. The number of hydrogen-bond donors (Lipinski definition) is 0. The molecule has 0 spiro atoms. The third kappa shape index (κ3) is 1.42. The fourth-order valence-corrected chi connectivity index (χ4v) is 2.07. The SMILES string of the molecule is Cc1cccc2c(Br)c(Br)c(=O)oc12. The largest absolute Gasteiger partial charge is 0.422 e. The van der Waals surface area contributed by atoms with Gasteiger partial charge in [0.2, 0.25) is 0 Å². The molecule has 0 saturated carbocycles. The van der Waals surface area contributed by atoms with Gasteiger partial charge in [0.15, 0.2) is 0 Å². The Morgan fingerprint density at radius 1 is 1.21 bits per heavy atom. The zero-order valence-electron chi connectivity index (χ0n) is 7.30. The molecule has 1 aromatic carbocycles. The molecule has 0 atom stereocenters. The first-order valence-electron chi connectivity index (χ1n) is 3.98. The maximum atomic E-state index is 11.4. The minimum Gasteiger partial charge on any atom is -0.422 e. The zero-order valence-corrected chi connectivity index (χ0v) is 10.5. The van der Waals surface area contributed by atoms with E-state index in [1.807, 2.05) is 25.1 Å². The highest BCUT2D eigenvalue weighted by atomic mass is 79.9. The van der Waals surface area contributed by atoms with Crippen LogP contribution in [0.25, 0.3) is 11.0 Å². The van der Waals surface area contributed by atoms with Crippen LogP contribution in [-0.2, 0) is 0 Å². The van der Waals surface area contributed by atoms with Gasteiger partial charge in [0.25, 0.3) is 0 Å². The van der Waals surface area contributed by atoms with Gasteiger partial charge in [-0.2, -0.15) is 0 Å². The van der Waals surface area contributed by atoms with Crippen LogP contribution in [0.4, 0.5) is 0 Å². The molecule has 0 saturated heterocycles. The van der Waals surface area contributed by atoms with E-state index in [-0.39, 0.29) is 5.63 Å². The summed E-state index contributed by atoms with van der Waals surface area (Å²) in [5.74, 6) is 0. The summed E-state index contributed by atoms with van der Waals surface area (Å²) >= 11 is 6.53. The molecule has 14 heavy (non-hydrogen) atoms. The van der Waals surface area contributed by atoms with E-state index in [0.717, 1.165) is 15.4 Å². The first kappa shape index (κ1) is 9.93. The van der Waals surface area contributed by atoms with E-state index in [1.54, 1.807) is 0 Å². The molecule has 2 nitrogen and oxygen atoms in total. The van der Waals surface area contributed by atoms with Crippen molar-refractivity contribution in [2.75, 3.05) is 0 Å². The summed E-state index contributed by atoms with van der Waals surface area (Å²) < 4.78 is 6.34. The highest BCUT2D eigenvalue weighted by Gasteiger charge is 2.10. The highest BCUT2D eigenvalue weighted by Crippen LogP contribution is 2.29.